The topological polar surface area (TPSA) is 52.0 Å². The number of halogens is 3. The number of aromatic nitrogens is 3. The Hall–Kier alpha value is -3.00. The molecule has 0 fully saturated rings. The largest absolute Gasteiger partial charge is 0.480 e. The molecule has 0 radical (unpaired) electrons. The molecular weight excluding hydrogens is 494 g/mol. The van der Waals surface area contributed by atoms with E-state index in [2.05, 4.69) is 10.3 Å². The van der Waals surface area contributed by atoms with Crippen LogP contribution in [0.3, 0.4) is 0 Å². The number of rotatable bonds is 3. The number of anilines is 1. The third-order valence-electron chi connectivity index (χ3n) is 5.96. The fourth-order valence-corrected chi connectivity index (χ4v) is 5.09. The maximum absolute atomic E-state index is 13.8. The molecule has 2 aliphatic rings. The molecule has 5 nitrogen and oxygen atoms in total. The van der Waals surface area contributed by atoms with Crippen molar-refractivity contribution in [3.8, 4) is 5.75 Å². The smallest absolute Gasteiger partial charge is 0.227 e. The Labute approximate surface area is 209 Å². The molecule has 0 saturated heterocycles. The molecule has 2 atom stereocenters. The minimum Gasteiger partial charge on any atom is -0.480 e. The van der Waals surface area contributed by atoms with Crippen molar-refractivity contribution in [2.45, 2.75) is 17.3 Å². The Balaban J connectivity index is 1.63. The molecule has 3 heterocycles. The molecule has 170 valence electrons. The van der Waals surface area contributed by atoms with E-state index in [9.17, 15) is 4.39 Å². The predicted octanol–water partition coefficient (Wildman–Crippen LogP) is 7.01. The molecule has 0 unspecified atom stereocenters. The molecule has 1 N–H and O–H groups in total. The molecule has 0 saturated carbocycles. The van der Waals surface area contributed by atoms with Gasteiger partial charge in [0, 0.05) is 21.2 Å². The second kappa shape index (κ2) is 8.34. The number of nitrogens with one attached hydrogen (secondary N) is 1. The second-order valence-corrected chi connectivity index (χ2v) is 9.61. The molecular formula is C25H17Cl2FN4OS. The summed E-state index contributed by atoms with van der Waals surface area (Å²) in [5.41, 5.74) is 4.40. The summed E-state index contributed by atoms with van der Waals surface area (Å²) in [5.74, 6) is 0.994. The first-order chi connectivity index (χ1) is 16.5. The Morgan fingerprint density at radius 3 is 2.41 bits per heavy atom. The molecule has 0 aliphatic carbocycles. The zero-order valence-corrected chi connectivity index (χ0v) is 20.1. The summed E-state index contributed by atoms with van der Waals surface area (Å²) in [4.78, 5) is 4.66. The van der Waals surface area contributed by atoms with Gasteiger partial charge in [-0.2, -0.15) is 4.98 Å². The third kappa shape index (κ3) is 3.55. The highest BCUT2D eigenvalue weighted by Crippen LogP contribution is 2.51. The van der Waals surface area contributed by atoms with Crippen LogP contribution in [0.4, 0.5) is 10.3 Å². The minimum atomic E-state index is -0.446. The van der Waals surface area contributed by atoms with E-state index in [-0.39, 0.29) is 11.9 Å². The van der Waals surface area contributed by atoms with Gasteiger partial charge in [-0.3, -0.25) is 0 Å². The Morgan fingerprint density at radius 2 is 1.68 bits per heavy atom. The second-order valence-electron chi connectivity index (χ2n) is 7.97. The van der Waals surface area contributed by atoms with Crippen LogP contribution in [-0.2, 0) is 0 Å². The van der Waals surface area contributed by atoms with Gasteiger partial charge in [0.1, 0.15) is 23.7 Å². The summed E-state index contributed by atoms with van der Waals surface area (Å²) in [6.45, 7) is 0. The van der Waals surface area contributed by atoms with E-state index >= 15 is 0 Å². The highest BCUT2D eigenvalue weighted by atomic mass is 35.5. The normalized spacial score (nSPS) is 18.5. The van der Waals surface area contributed by atoms with Crippen LogP contribution in [-0.4, -0.2) is 21.0 Å². The number of fused-ring (bicyclic) bond motifs is 3. The van der Waals surface area contributed by atoms with Gasteiger partial charge in [-0.1, -0.05) is 59.2 Å². The molecule has 9 heteroatoms. The highest BCUT2D eigenvalue weighted by Gasteiger charge is 2.41. The Bertz CT molecular complexity index is 1440. The van der Waals surface area contributed by atoms with Gasteiger partial charge in [0.25, 0.3) is 0 Å². The first-order valence-corrected chi connectivity index (χ1v) is 12.5. The molecule has 34 heavy (non-hydrogen) atoms. The van der Waals surface area contributed by atoms with Crippen LogP contribution in [0.15, 0.2) is 77.5 Å². The van der Waals surface area contributed by atoms with Gasteiger partial charge in [-0.05, 0) is 59.8 Å². The number of hydrogen-bond donors (Lipinski definition) is 1. The molecule has 3 aromatic carbocycles. The van der Waals surface area contributed by atoms with Gasteiger partial charge in [-0.25, -0.2) is 9.07 Å². The lowest BCUT2D eigenvalue weighted by Crippen LogP contribution is -2.32. The lowest BCUT2D eigenvalue weighted by Gasteiger charge is -2.39. The van der Waals surface area contributed by atoms with Gasteiger partial charge < -0.3 is 10.1 Å². The number of benzene rings is 3. The predicted molar refractivity (Wildman–Crippen MR) is 133 cm³/mol. The lowest BCUT2D eigenvalue weighted by molar-refractivity contribution is 0.223. The zero-order chi connectivity index (χ0) is 23.4. The van der Waals surface area contributed by atoms with Crippen LogP contribution in [0.1, 0.15) is 28.8 Å². The summed E-state index contributed by atoms with van der Waals surface area (Å²) in [6, 6.07) is 19.2. The van der Waals surface area contributed by atoms with Crippen LogP contribution in [0, 0.1) is 5.82 Å². The van der Waals surface area contributed by atoms with Crippen LogP contribution < -0.4 is 10.1 Å². The van der Waals surface area contributed by atoms with Crippen molar-refractivity contribution in [3.63, 3.8) is 0 Å². The van der Waals surface area contributed by atoms with E-state index in [1.807, 2.05) is 47.3 Å². The first-order valence-electron chi connectivity index (χ1n) is 10.5. The standard InChI is InChI=1S/C25H17Cl2FN4OS/c1-34-25-30-24-29-21-18-12-16(27)8-11-19(18)33-23(14-2-6-15(26)7-3-14)20(21)22(32(24)31-25)13-4-9-17(28)10-5-13/h2-12,22-23H,1H3,(H,29,30,31)/t22-,23-/m1/s1. The van der Waals surface area contributed by atoms with Gasteiger partial charge in [0.2, 0.25) is 11.1 Å². The van der Waals surface area contributed by atoms with E-state index < -0.39 is 6.10 Å². The van der Waals surface area contributed by atoms with Crippen LogP contribution in [0.5, 0.6) is 5.75 Å². The van der Waals surface area contributed by atoms with E-state index in [4.69, 9.17) is 33.0 Å². The maximum Gasteiger partial charge on any atom is 0.227 e. The summed E-state index contributed by atoms with van der Waals surface area (Å²) >= 11 is 14.0. The first kappa shape index (κ1) is 21.5. The number of thioether (sulfide) groups is 1. The maximum atomic E-state index is 13.8. The van der Waals surface area contributed by atoms with Crippen molar-refractivity contribution in [2.24, 2.45) is 0 Å². The van der Waals surface area contributed by atoms with Crippen molar-refractivity contribution in [3.05, 3.63) is 105 Å². The monoisotopic (exact) mass is 510 g/mol. The quantitative estimate of drug-likeness (QED) is 0.300. The minimum absolute atomic E-state index is 0.304. The summed E-state index contributed by atoms with van der Waals surface area (Å²) < 4.78 is 22.2. The fraction of sp³-hybridized carbons (Fsp3) is 0.120. The highest BCUT2D eigenvalue weighted by molar-refractivity contribution is 7.98. The van der Waals surface area contributed by atoms with Crippen LogP contribution >= 0.6 is 35.0 Å². The van der Waals surface area contributed by atoms with Crippen LogP contribution in [0.25, 0.3) is 5.70 Å². The van der Waals surface area contributed by atoms with Crippen LogP contribution in [0.2, 0.25) is 10.0 Å². The molecule has 4 aromatic rings. The molecule has 2 aliphatic heterocycles. The van der Waals surface area contributed by atoms with E-state index in [0.29, 0.717) is 26.9 Å². The van der Waals surface area contributed by atoms with Gasteiger partial charge in [0.15, 0.2) is 0 Å². The van der Waals surface area contributed by atoms with Gasteiger partial charge in [0.05, 0.1) is 5.70 Å². The van der Waals surface area contributed by atoms with E-state index in [0.717, 1.165) is 28.0 Å². The number of ether oxygens (including phenoxy) is 1. The molecule has 0 spiro atoms. The van der Waals surface area contributed by atoms with E-state index in [1.165, 1.54) is 23.9 Å². The van der Waals surface area contributed by atoms with Crippen molar-refractivity contribution < 1.29 is 9.13 Å². The SMILES string of the molecule is CSc1nc2n(n1)[C@H](c1ccc(F)cc1)C1=C(N2)c2cc(Cl)ccc2O[C@@H]1c1ccc(Cl)cc1. The summed E-state index contributed by atoms with van der Waals surface area (Å²) in [5, 5.41) is 10.1. The van der Waals surface area contributed by atoms with Crippen molar-refractivity contribution in [1.29, 1.82) is 0 Å². The zero-order valence-electron chi connectivity index (χ0n) is 17.8. The average Bonchev–Trinajstić information content (AvgIpc) is 3.27. The van der Waals surface area contributed by atoms with Crippen molar-refractivity contribution >= 4 is 46.6 Å². The number of nitrogens with zero attached hydrogens (tertiary/aromatic N) is 3. The molecule has 1 aromatic heterocycles. The fourth-order valence-electron chi connectivity index (χ4n) is 4.45. The molecule has 6 rings (SSSR count). The Morgan fingerprint density at radius 1 is 0.971 bits per heavy atom. The molecule has 0 amide bonds. The average molecular weight is 511 g/mol. The third-order valence-corrected chi connectivity index (χ3v) is 6.98. The van der Waals surface area contributed by atoms with Crippen molar-refractivity contribution in [2.75, 3.05) is 11.6 Å². The summed E-state index contributed by atoms with van der Waals surface area (Å²) in [6.07, 6.45) is 1.48. The van der Waals surface area contributed by atoms with Gasteiger partial charge in [-0.15, -0.1) is 5.10 Å². The Kier molecular flexibility index (Phi) is 5.28. The van der Waals surface area contributed by atoms with Crippen molar-refractivity contribution in [1.82, 2.24) is 14.8 Å². The van der Waals surface area contributed by atoms with E-state index in [1.54, 1.807) is 18.2 Å². The molecule has 0 bridgehead atoms. The summed E-state index contributed by atoms with van der Waals surface area (Å²) in [7, 11) is 0. The lowest BCUT2D eigenvalue weighted by atomic mass is 9.84. The van der Waals surface area contributed by atoms with Gasteiger partial charge >= 0.3 is 0 Å². The number of hydrogen-bond acceptors (Lipinski definition) is 5.